The van der Waals surface area contributed by atoms with Gasteiger partial charge in [-0.3, -0.25) is 4.79 Å². The van der Waals surface area contributed by atoms with Crippen molar-refractivity contribution in [2.45, 2.75) is 6.92 Å². The van der Waals surface area contributed by atoms with Crippen LogP contribution in [0.4, 0.5) is 5.82 Å². The molecule has 4 rings (SSSR count). The number of piperazine rings is 1. The molecule has 1 fully saturated rings. The number of aryl methyl sites for hydroxylation is 1. The minimum absolute atomic E-state index is 0. The van der Waals surface area contributed by atoms with Crippen LogP contribution in [0.25, 0.3) is 20.7 Å². The number of nitrogens with one attached hydrogen (secondary N) is 2. The third kappa shape index (κ3) is 4.37. The number of amides is 1. The topological polar surface area (TPSA) is 70.2 Å². The van der Waals surface area contributed by atoms with Gasteiger partial charge in [0.25, 0.3) is 0 Å². The van der Waals surface area contributed by atoms with Gasteiger partial charge in [0.1, 0.15) is 16.5 Å². The van der Waals surface area contributed by atoms with Crippen molar-refractivity contribution < 1.29 is 4.79 Å². The Balaban J connectivity index is 0.00000210. The molecule has 0 unspecified atom stereocenters. The lowest BCUT2D eigenvalue weighted by Crippen LogP contribution is -2.48. The molecule has 2 N–H and O–H groups in total. The summed E-state index contributed by atoms with van der Waals surface area (Å²) in [6, 6.07) is 12.4. The van der Waals surface area contributed by atoms with Crippen LogP contribution >= 0.6 is 23.7 Å². The van der Waals surface area contributed by atoms with Crippen molar-refractivity contribution in [1.82, 2.24) is 20.2 Å². The van der Waals surface area contributed by atoms with Crippen molar-refractivity contribution in [3.05, 3.63) is 42.2 Å². The van der Waals surface area contributed by atoms with Crippen molar-refractivity contribution in [2.75, 3.05) is 38.0 Å². The number of benzene rings is 1. The Hall–Kier alpha value is -2.22. The summed E-state index contributed by atoms with van der Waals surface area (Å²) < 4.78 is 0. The molecule has 1 aliphatic rings. The average molecular weight is 404 g/mol. The van der Waals surface area contributed by atoms with Crippen LogP contribution in [0.2, 0.25) is 0 Å². The van der Waals surface area contributed by atoms with E-state index >= 15 is 0 Å². The second-order valence-electron chi connectivity index (χ2n) is 6.30. The highest BCUT2D eigenvalue weighted by Crippen LogP contribution is 2.35. The van der Waals surface area contributed by atoms with Gasteiger partial charge >= 0.3 is 0 Å². The molecule has 0 radical (unpaired) electrons. The highest BCUT2D eigenvalue weighted by atomic mass is 35.5. The summed E-state index contributed by atoms with van der Waals surface area (Å²) in [5.74, 6) is 1.54. The predicted molar refractivity (Wildman–Crippen MR) is 113 cm³/mol. The normalized spacial score (nSPS) is 14.0. The van der Waals surface area contributed by atoms with E-state index in [1.807, 2.05) is 30.0 Å². The molecule has 0 spiro atoms. The van der Waals surface area contributed by atoms with Gasteiger partial charge in [0.2, 0.25) is 5.91 Å². The second-order valence-corrected chi connectivity index (χ2v) is 7.33. The van der Waals surface area contributed by atoms with E-state index in [9.17, 15) is 4.79 Å². The number of rotatable bonds is 4. The van der Waals surface area contributed by atoms with Gasteiger partial charge in [0.15, 0.2) is 0 Å². The van der Waals surface area contributed by atoms with E-state index in [-0.39, 0.29) is 24.9 Å². The van der Waals surface area contributed by atoms with Crippen molar-refractivity contribution in [1.29, 1.82) is 0 Å². The van der Waals surface area contributed by atoms with Crippen molar-refractivity contribution >= 4 is 45.7 Å². The quantitative estimate of drug-likeness (QED) is 0.700. The summed E-state index contributed by atoms with van der Waals surface area (Å²) in [4.78, 5) is 25.5. The van der Waals surface area contributed by atoms with Crippen LogP contribution in [0.3, 0.4) is 0 Å². The molecule has 6 nitrogen and oxygen atoms in total. The van der Waals surface area contributed by atoms with Crippen molar-refractivity contribution in [3.63, 3.8) is 0 Å². The third-order valence-corrected chi connectivity index (χ3v) is 5.52. The largest absolute Gasteiger partial charge is 0.360 e. The Kier molecular flexibility index (Phi) is 6.26. The van der Waals surface area contributed by atoms with E-state index in [2.05, 4.69) is 38.8 Å². The first kappa shape index (κ1) is 19.5. The molecule has 3 heterocycles. The van der Waals surface area contributed by atoms with Crippen LogP contribution in [0.1, 0.15) is 5.82 Å². The molecular weight excluding hydrogens is 382 g/mol. The lowest BCUT2D eigenvalue weighted by atomic mass is 10.2. The SMILES string of the molecule is Cc1nc(NCC(=O)N2CCNCC2)c2cc(-c3ccccc3)sc2n1.Cl. The fraction of sp³-hybridized carbons (Fsp3) is 0.316. The molecule has 0 bridgehead atoms. The first-order valence-corrected chi connectivity index (χ1v) is 9.58. The molecule has 1 aliphatic heterocycles. The highest BCUT2D eigenvalue weighted by molar-refractivity contribution is 7.21. The van der Waals surface area contributed by atoms with Crippen LogP contribution in [0, 0.1) is 6.92 Å². The summed E-state index contributed by atoms with van der Waals surface area (Å²) in [7, 11) is 0. The monoisotopic (exact) mass is 403 g/mol. The van der Waals surface area contributed by atoms with E-state index in [1.54, 1.807) is 11.3 Å². The Morgan fingerprint density at radius 1 is 1.22 bits per heavy atom. The Bertz CT molecular complexity index is 924. The van der Waals surface area contributed by atoms with Crippen LogP contribution < -0.4 is 10.6 Å². The maximum Gasteiger partial charge on any atom is 0.242 e. The summed E-state index contributed by atoms with van der Waals surface area (Å²) in [5, 5.41) is 7.46. The first-order chi connectivity index (χ1) is 12.7. The fourth-order valence-electron chi connectivity index (χ4n) is 3.09. The third-order valence-electron chi connectivity index (χ3n) is 4.44. The van der Waals surface area contributed by atoms with Crippen LogP contribution in [0.15, 0.2) is 36.4 Å². The van der Waals surface area contributed by atoms with E-state index < -0.39 is 0 Å². The Morgan fingerprint density at radius 3 is 2.70 bits per heavy atom. The molecule has 3 aromatic rings. The minimum atomic E-state index is 0. The number of thiophene rings is 1. The molecule has 8 heteroatoms. The molecule has 1 aromatic carbocycles. The number of halogens is 1. The number of carbonyl (C=O) groups excluding carboxylic acids is 1. The molecular formula is C19H22ClN5OS. The van der Waals surface area contributed by atoms with Crippen molar-refractivity contribution in [3.8, 4) is 10.4 Å². The fourth-order valence-corrected chi connectivity index (χ4v) is 4.18. The van der Waals surface area contributed by atoms with Crippen molar-refractivity contribution in [2.24, 2.45) is 0 Å². The zero-order chi connectivity index (χ0) is 17.9. The van der Waals surface area contributed by atoms with Gasteiger partial charge in [-0.1, -0.05) is 30.3 Å². The number of anilines is 1. The predicted octanol–water partition coefficient (Wildman–Crippen LogP) is 2.93. The number of carbonyl (C=O) groups is 1. The van der Waals surface area contributed by atoms with Gasteiger partial charge in [0, 0.05) is 31.1 Å². The molecule has 0 saturated carbocycles. The average Bonchev–Trinajstić information content (AvgIpc) is 3.11. The van der Waals surface area contributed by atoms with Gasteiger partial charge in [0.05, 0.1) is 11.9 Å². The number of nitrogens with zero attached hydrogens (tertiary/aromatic N) is 3. The summed E-state index contributed by atoms with van der Waals surface area (Å²) in [6.07, 6.45) is 0. The number of aromatic nitrogens is 2. The maximum absolute atomic E-state index is 12.4. The lowest BCUT2D eigenvalue weighted by molar-refractivity contribution is -0.129. The van der Waals surface area contributed by atoms with Crippen LogP contribution in [-0.4, -0.2) is 53.5 Å². The van der Waals surface area contributed by atoms with Crippen LogP contribution in [-0.2, 0) is 4.79 Å². The maximum atomic E-state index is 12.4. The summed E-state index contributed by atoms with van der Waals surface area (Å²) in [5.41, 5.74) is 1.16. The first-order valence-electron chi connectivity index (χ1n) is 8.77. The molecule has 142 valence electrons. The van der Waals surface area contributed by atoms with Crippen LogP contribution in [0.5, 0.6) is 0 Å². The Labute approximate surface area is 168 Å². The molecule has 2 aromatic heterocycles. The van der Waals surface area contributed by atoms with E-state index in [4.69, 9.17) is 0 Å². The zero-order valence-corrected chi connectivity index (χ0v) is 16.7. The van der Waals surface area contributed by atoms with Gasteiger partial charge in [-0.05, 0) is 18.6 Å². The molecule has 1 amide bonds. The number of fused-ring (bicyclic) bond motifs is 1. The van der Waals surface area contributed by atoms with Gasteiger partial charge < -0.3 is 15.5 Å². The van der Waals surface area contributed by atoms with E-state index in [0.717, 1.165) is 52.7 Å². The molecule has 1 saturated heterocycles. The Morgan fingerprint density at radius 2 is 1.96 bits per heavy atom. The summed E-state index contributed by atoms with van der Waals surface area (Å²) in [6.45, 7) is 5.36. The van der Waals surface area contributed by atoms with E-state index in [0.29, 0.717) is 5.82 Å². The van der Waals surface area contributed by atoms with Gasteiger partial charge in [-0.25, -0.2) is 9.97 Å². The number of hydrogen-bond acceptors (Lipinski definition) is 6. The standard InChI is InChI=1S/C19H21N5OS.ClH/c1-13-22-18(21-12-17(25)24-9-7-20-8-10-24)15-11-16(26-19(15)23-13)14-5-3-2-4-6-14;/h2-6,11,20H,7-10,12H2,1H3,(H,21,22,23);1H. The molecule has 27 heavy (non-hydrogen) atoms. The lowest BCUT2D eigenvalue weighted by Gasteiger charge is -2.27. The van der Waals surface area contributed by atoms with Gasteiger partial charge in [-0.15, -0.1) is 23.7 Å². The van der Waals surface area contributed by atoms with Gasteiger partial charge in [-0.2, -0.15) is 0 Å². The zero-order valence-electron chi connectivity index (χ0n) is 15.1. The minimum Gasteiger partial charge on any atom is -0.360 e. The summed E-state index contributed by atoms with van der Waals surface area (Å²) >= 11 is 1.65. The smallest absolute Gasteiger partial charge is 0.242 e. The number of hydrogen-bond donors (Lipinski definition) is 2. The van der Waals surface area contributed by atoms with E-state index in [1.165, 1.54) is 0 Å². The molecule has 0 atom stereocenters. The second kappa shape index (κ2) is 8.65. The molecule has 0 aliphatic carbocycles. The highest BCUT2D eigenvalue weighted by Gasteiger charge is 2.17.